The van der Waals surface area contributed by atoms with Crippen LogP contribution in [0.5, 0.6) is 0 Å². The Morgan fingerprint density at radius 1 is 1.29 bits per heavy atom. The topological polar surface area (TPSA) is 79.5 Å². The lowest BCUT2D eigenvalue weighted by Gasteiger charge is -2.24. The number of carbonyl (C=O) groups excluding carboxylic acids is 1. The number of nitrogens with zero attached hydrogens (tertiary/aromatic N) is 2. The van der Waals surface area contributed by atoms with Crippen molar-refractivity contribution in [2.45, 2.75) is 25.0 Å². The first kappa shape index (κ1) is 14.0. The van der Waals surface area contributed by atoms with Crippen molar-refractivity contribution in [3.8, 4) is 0 Å². The first-order valence-electron chi connectivity index (χ1n) is 7.24. The van der Waals surface area contributed by atoms with Gasteiger partial charge >= 0.3 is 0 Å². The summed E-state index contributed by atoms with van der Waals surface area (Å²) in [5.74, 6) is -0.187. The average Bonchev–Trinajstić information content (AvgIpc) is 3.06. The molecule has 0 bridgehead atoms. The van der Waals surface area contributed by atoms with Gasteiger partial charge in [0.15, 0.2) is 0 Å². The van der Waals surface area contributed by atoms with Crippen LogP contribution in [0, 0.1) is 0 Å². The molecule has 2 heterocycles. The van der Waals surface area contributed by atoms with Gasteiger partial charge in [0.1, 0.15) is 12.1 Å². The Morgan fingerprint density at radius 2 is 2.00 bits per heavy atom. The predicted molar refractivity (Wildman–Crippen MR) is 80.5 cm³/mol. The number of aliphatic hydroxyl groups is 1. The third kappa shape index (κ3) is 2.75. The van der Waals surface area contributed by atoms with Crippen molar-refractivity contribution in [2.24, 2.45) is 5.73 Å². The molecule has 0 saturated carbocycles. The smallest absolute Gasteiger partial charge is 0.242 e. The lowest BCUT2D eigenvalue weighted by Crippen LogP contribution is -2.45. The highest BCUT2D eigenvalue weighted by Gasteiger charge is 2.30. The second-order valence-electron chi connectivity index (χ2n) is 5.46. The second kappa shape index (κ2) is 5.79. The van der Waals surface area contributed by atoms with E-state index < -0.39 is 12.1 Å². The molecule has 1 fully saturated rings. The molecule has 0 unspecified atom stereocenters. The molecule has 2 atom stereocenters. The molecule has 2 aromatic rings. The number of para-hydroxylation sites is 1. The van der Waals surface area contributed by atoms with Crippen molar-refractivity contribution in [3.63, 3.8) is 0 Å². The van der Waals surface area contributed by atoms with Gasteiger partial charge in [-0.2, -0.15) is 0 Å². The molecule has 5 heteroatoms. The molecule has 1 amide bonds. The number of fused-ring (bicyclic) bond motifs is 1. The molecule has 5 nitrogen and oxygen atoms in total. The first-order chi connectivity index (χ1) is 10.2. The van der Waals surface area contributed by atoms with Gasteiger partial charge in [0.25, 0.3) is 0 Å². The van der Waals surface area contributed by atoms with Gasteiger partial charge in [0, 0.05) is 30.2 Å². The summed E-state index contributed by atoms with van der Waals surface area (Å²) in [6.45, 7) is 1.46. The summed E-state index contributed by atoms with van der Waals surface area (Å²) < 4.78 is 0. The van der Waals surface area contributed by atoms with Crippen LogP contribution in [0.15, 0.2) is 36.5 Å². The average molecular weight is 285 g/mol. The maximum absolute atomic E-state index is 12.2. The van der Waals surface area contributed by atoms with E-state index in [0.717, 1.165) is 36.8 Å². The number of aromatic nitrogens is 1. The number of carbonyl (C=O) groups is 1. The van der Waals surface area contributed by atoms with Gasteiger partial charge in [-0.3, -0.25) is 9.78 Å². The molecular formula is C16H19N3O2. The number of aliphatic hydroxyl groups excluding tert-OH is 1. The van der Waals surface area contributed by atoms with E-state index in [2.05, 4.69) is 4.98 Å². The zero-order chi connectivity index (χ0) is 14.8. The molecule has 1 aromatic heterocycles. The van der Waals surface area contributed by atoms with Gasteiger partial charge in [0.05, 0.1) is 5.52 Å². The highest BCUT2D eigenvalue weighted by Crippen LogP contribution is 2.21. The monoisotopic (exact) mass is 285 g/mol. The molecule has 1 aromatic carbocycles. The van der Waals surface area contributed by atoms with E-state index in [1.807, 2.05) is 30.3 Å². The molecule has 1 aliphatic rings. The van der Waals surface area contributed by atoms with Crippen molar-refractivity contribution in [3.05, 3.63) is 42.1 Å². The van der Waals surface area contributed by atoms with Crippen molar-refractivity contribution >= 4 is 16.8 Å². The summed E-state index contributed by atoms with van der Waals surface area (Å²) in [5, 5.41) is 11.3. The van der Waals surface area contributed by atoms with Crippen LogP contribution in [0.25, 0.3) is 10.9 Å². The van der Waals surface area contributed by atoms with E-state index in [0.29, 0.717) is 5.56 Å². The van der Waals surface area contributed by atoms with Crippen LogP contribution in [0.3, 0.4) is 0 Å². The molecule has 3 N–H and O–H groups in total. The molecule has 110 valence electrons. The minimum absolute atomic E-state index is 0.187. The number of hydrogen-bond acceptors (Lipinski definition) is 4. The molecule has 21 heavy (non-hydrogen) atoms. The Bertz CT molecular complexity index is 653. The van der Waals surface area contributed by atoms with E-state index in [1.165, 1.54) is 0 Å². The standard InChI is InChI=1S/C16H19N3O2/c17-14(16(21)19-7-3-4-8-19)15(20)12-9-11-5-1-2-6-13(11)18-10-12/h1-2,5-6,9-10,14-15,20H,3-4,7-8,17H2/t14-,15+/m1/s1. The highest BCUT2D eigenvalue weighted by molar-refractivity contribution is 5.83. The summed E-state index contributed by atoms with van der Waals surface area (Å²) in [7, 11) is 0. The molecule has 0 radical (unpaired) electrons. The van der Waals surface area contributed by atoms with Crippen molar-refractivity contribution in [1.29, 1.82) is 0 Å². The normalized spacial score (nSPS) is 17.9. The van der Waals surface area contributed by atoms with E-state index in [-0.39, 0.29) is 5.91 Å². The van der Waals surface area contributed by atoms with Crippen LogP contribution in [0.1, 0.15) is 24.5 Å². The fourth-order valence-electron chi connectivity index (χ4n) is 2.74. The van der Waals surface area contributed by atoms with Crippen molar-refractivity contribution in [1.82, 2.24) is 9.88 Å². The van der Waals surface area contributed by atoms with Crippen molar-refractivity contribution < 1.29 is 9.90 Å². The SMILES string of the molecule is N[C@@H](C(=O)N1CCCC1)[C@@H](O)c1cnc2ccccc2c1. The highest BCUT2D eigenvalue weighted by atomic mass is 16.3. The lowest BCUT2D eigenvalue weighted by molar-refractivity contribution is -0.134. The van der Waals surface area contributed by atoms with Gasteiger partial charge in [-0.1, -0.05) is 18.2 Å². The Kier molecular flexibility index (Phi) is 3.86. The van der Waals surface area contributed by atoms with E-state index in [1.54, 1.807) is 11.1 Å². The Labute approximate surface area is 123 Å². The summed E-state index contributed by atoms with van der Waals surface area (Å²) in [5.41, 5.74) is 7.38. The van der Waals surface area contributed by atoms with Gasteiger partial charge in [0.2, 0.25) is 5.91 Å². The Balaban J connectivity index is 1.81. The summed E-state index contributed by atoms with van der Waals surface area (Å²) >= 11 is 0. The summed E-state index contributed by atoms with van der Waals surface area (Å²) in [6.07, 6.45) is 2.57. The largest absolute Gasteiger partial charge is 0.386 e. The van der Waals surface area contributed by atoms with Crippen molar-refractivity contribution in [2.75, 3.05) is 13.1 Å². The van der Waals surface area contributed by atoms with Gasteiger partial charge in [-0.05, 0) is 25.0 Å². The Hall–Kier alpha value is -1.98. The summed E-state index contributed by atoms with van der Waals surface area (Å²) in [4.78, 5) is 18.3. The van der Waals surface area contributed by atoms with E-state index in [9.17, 15) is 9.90 Å². The fourth-order valence-corrected chi connectivity index (χ4v) is 2.74. The number of amides is 1. The van der Waals surface area contributed by atoms with E-state index >= 15 is 0 Å². The number of hydrogen-bond donors (Lipinski definition) is 2. The van der Waals surface area contributed by atoms with Crippen LogP contribution < -0.4 is 5.73 Å². The maximum Gasteiger partial charge on any atom is 0.242 e. The first-order valence-corrected chi connectivity index (χ1v) is 7.24. The Morgan fingerprint density at radius 3 is 2.76 bits per heavy atom. The fraction of sp³-hybridized carbons (Fsp3) is 0.375. The van der Waals surface area contributed by atoms with Crippen LogP contribution in [-0.2, 0) is 4.79 Å². The van der Waals surface area contributed by atoms with Gasteiger partial charge < -0.3 is 15.7 Å². The quantitative estimate of drug-likeness (QED) is 0.888. The molecule has 1 aliphatic heterocycles. The predicted octanol–water partition coefficient (Wildman–Crippen LogP) is 1.22. The number of nitrogens with two attached hydrogens (primary N) is 1. The number of pyridine rings is 1. The van der Waals surface area contributed by atoms with Gasteiger partial charge in [-0.15, -0.1) is 0 Å². The van der Waals surface area contributed by atoms with Crippen LogP contribution in [0.4, 0.5) is 0 Å². The molecule has 0 spiro atoms. The van der Waals surface area contributed by atoms with E-state index in [4.69, 9.17) is 5.73 Å². The minimum Gasteiger partial charge on any atom is -0.386 e. The molecular weight excluding hydrogens is 266 g/mol. The van der Waals surface area contributed by atoms with Crippen LogP contribution in [-0.4, -0.2) is 40.0 Å². The lowest BCUT2D eigenvalue weighted by atomic mass is 10.0. The third-order valence-electron chi connectivity index (χ3n) is 4.00. The van der Waals surface area contributed by atoms with Gasteiger partial charge in [-0.25, -0.2) is 0 Å². The zero-order valence-electron chi connectivity index (χ0n) is 11.8. The number of likely N-dealkylation sites (tertiary alicyclic amines) is 1. The number of rotatable bonds is 3. The maximum atomic E-state index is 12.2. The molecule has 3 rings (SSSR count). The third-order valence-corrected chi connectivity index (χ3v) is 4.00. The summed E-state index contributed by atoms with van der Waals surface area (Å²) in [6, 6.07) is 8.55. The van der Waals surface area contributed by atoms with Crippen LogP contribution >= 0.6 is 0 Å². The number of benzene rings is 1. The minimum atomic E-state index is -1.03. The second-order valence-corrected chi connectivity index (χ2v) is 5.46. The van der Waals surface area contributed by atoms with Crippen LogP contribution in [0.2, 0.25) is 0 Å². The molecule has 1 saturated heterocycles. The zero-order valence-corrected chi connectivity index (χ0v) is 11.8. The molecule has 0 aliphatic carbocycles.